The van der Waals surface area contributed by atoms with E-state index in [1.165, 1.54) is 5.56 Å². The molecule has 0 bridgehead atoms. The first-order chi connectivity index (χ1) is 8.95. The van der Waals surface area contributed by atoms with Crippen LogP contribution < -0.4 is 0 Å². The maximum Gasteiger partial charge on any atom is 0.148 e. The van der Waals surface area contributed by atoms with Crippen LogP contribution in [0.25, 0.3) is 10.7 Å². The molecule has 2 heteroatoms. The van der Waals surface area contributed by atoms with Crippen molar-refractivity contribution in [1.29, 1.82) is 0 Å². The van der Waals surface area contributed by atoms with Crippen molar-refractivity contribution in [3.63, 3.8) is 0 Å². The van der Waals surface area contributed by atoms with Crippen molar-refractivity contribution in [2.75, 3.05) is 0 Å². The van der Waals surface area contributed by atoms with E-state index in [1.54, 1.807) is 18.0 Å². The highest BCUT2D eigenvalue weighted by Gasteiger charge is 2.15. The van der Waals surface area contributed by atoms with Crippen molar-refractivity contribution in [2.24, 2.45) is 0 Å². The van der Waals surface area contributed by atoms with Crippen molar-refractivity contribution in [2.45, 2.75) is 0 Å². The number of thioether (sulfide) groups is 1. The average Bonchev–Trinajstić information content (AvgIpc) is 2.49. The summed E-state index contributed by atoms with van der Waals surface area (Å²) in [7, 11) is 0. The smallest absolute Gasteiger partial charge is 0.148 e. The van der Waals surface area contributed by atoms with E-state index in [0.29, 0.717) is 0 Å². The van der Waals surface area contributed by atoms with Gasteiger partial charge in [0.05, 0.1) is 11.2 Å². The highest BCUT2D eigenvalue weighted by Crippen LogP contribution is 2.39. The second-order valence-corrected chi connectivity index (χ2v) is 4.81. The van der Waals surface area contributed by atoms with Gasteiger partial charge in [0, 0.05) is 11.0 Å². The molecular weight excluding hydrogens is 240 g/mol. The van der Waals surface area contributed by atoms with E-state index in [9.17, 15) is 0 Å². The summed E-state index contributed by atoms with van der Waals surface area (Å²) in [5.74, 6) is 0.925. The quantitative estimate of drug-likeness (QED) is 0.763. The van der Waals surface area contributed by atoms with Gasteiger partial charge in [-0.25, -0.2) is 0 Å². The minimum Gasteiger partial charge on any atom is -0.463 e. The standard InChI is InChI=1S/C16H12OS/c1-3-7-13(8-4-1)15-16(18-12-11-17-15)14-9-5-2-6-10-14/h1-12H. The van der Waals surface area contributed by atoms with Gasteiger partial charge in [0.1, 0.15) is 5.76 Å². The van der Waals surface area contributed by atoms with E-state index in [4.69, 9.17) is 4.74 Å². The third-order valence-electron chi connectivity index (χ3n) is 2.71. The Balaban J connectivity index is 2.10. The van der Waals surface area contributed by atoms with Gasteiger partial charge >= 0.3 is 0 Å². The largest absolute Gasteiger partial charge is 0.463 e. The first kappa shape index (κ1) is 11.2. The topological polar surface area (TPSA) is 9.23 Å². The van der Waals surface area contributed by atoms with Crippen LogP contribution in [0.15, 0.2) is 72.3 Å². The zero-order valence-electron chi connectivity index (χ0n) is 9.74. The van der Waals surface area contributed by atoms with Crippen molar-refractivity contribution in [3.8, 4) is 0 Å². The van der Waals surface area contributed by atoms with Crippen LogP contribution in [-0.4, -0.2) is 0 Å². The summed E-state index contributed by atoms with van der Waals surface area (Å²) in [5, 5.41) is 1.97. The molecule has 88 valence electrons. The fraction of sp³-hybridized carbons (Fsp3) is 0. The van der Waals surface area contributed by atoms with Crippen molar-refractivity contribution < 1.29 is 4.74 Å². The highest BCUT2D eigenvalue weighted by atomic mass is 32.2. The first-order valence-corrected chi connectivity index (χ1v) is 6.66. The number of hydrogen-bond acceptors (Lipinski definition) is 2. The third-order valence-corrected chi connectivity index (χ3v) is 3.61. The molecule has 2 aromatic rings. The molecule has 0 saturated heterocycles. The predicted molar refractivity (Wildman–Crippen MR) is 77.5 cm³/mol. The van der Waals surface area contributed by atoms with E-state index in [1.807, 2.05) is 41.8 Å². The number of benzene rings is 2. The minimum absolute atomic E-state index is 0.925. The maximum absolute atomic E-state index is 5.71. The van der Waals surface area contributed by atoms with Gasteiger partial charge in [-0.2, -0.15) is 0 Å². The molecule has 18 heavy (non-hydrogen) atoms. The summed E-state index contributed by atoms with van der Waals surface area (Å²) in [4.78, 5) is 1.16. The van der Waals surface area contributed by atoms with Gasteiger partial charge in [0.25, 0.3) is 0 Å². The normalized spacial score (nSPS) is 14.4. The number of ether oxygens (including phenoxy) is 1. The molecule has 1 aliphatic heterocycles. The van der Waals surface area contributed by atoms with E-state index in [0.717, 1.165) is 16.2 Å². The lowest BCUT2D eigenvalue weighted by Crippen LogP contribution is -1.94. The molecule has 1 aliphatic rings. The average molecular weight is 252 g/mol. The minimum atomic E-state index is 0.925. The summed E-state index contributed by atoms with van der Waals surface area (Å²) in [6, 6.07) is 20.5. The molecule has 0 fully saturated rings. The van der Waals surface area contributed by atoms with Crippen molar-refractivity contribution >= 4 is 22.4 Å². The van der Waals surface area contributed by atoms with Crippen LogP contribution in [0, 0.1) is 0 Å². The van der Waals surface area contributed by atoms with E-state index in [-0.39, 0.29) is 0 Å². The Morgan fingerprint density at radius 2 is 1.33 bits per heavy atom. The molecule has 0 aromatic heterocycles. The lowest BCUT2D eigenvalue weighted by molar-refractivity contribution is 0.439. The van der Waals surface area contributed by atoms with Crippen LogP contribution in [0.5, 0.6) is 0 Å². The van der Waals surface area contributed by atoms with Crippen LogP contribution in [-0.2, 0) is 4.74 Å². The van der Waals surface area contributed by atoms with Crippen LogP contribution in [0.1, 0.15) is 11.1 Å². The van der Waals surface area contributed by atoms with E-state index in [2.05, 4.69) is 24.3 Å². The molecule has 0 amide bonds. The Morgan fingerprint density at radius 3 is 2.00 bits per heavy atom. The molecule has 0 aliphatic carbocycles. The molecular formula is C16H12OS. The van der Waals surface area contributed by atoms with Crippen molar-refractivity contribution in [3.05, 3.63) is 83.5 Å². The Labute approximate surface area is 111 Å². The number of hydrogen-bond donors (Lipinski definition) is 0. The van der Waals surface area contributed by atoms with E-state index >= 15 is 0 Å². The Hall–Kier alpha value is -1.93. The number of rotatable bonds is 2. The molecule has 2 aromatic carbocycles. The second-order valence-electron chi connectivity index (χ2n) is 3.90. The summed E-state index contributed by atoms with van der Waals surface area (Å²) in [6.07, 6.45) is 1.74. The molecule has 0 saturated carbocycles. The molecule has 0 N–H and O–H groups in total. The summed E-state index contributed by atoms with van der Waals surface area (Å²) in [6.45, 7) is 0. The van der Waals surface area contributed by atoms with Gasteiger partial charge in [-0.15, -0.1) is 0 Å². The lowest BCUT2D eigenvalue weighted by atomic mass is 10.1. The highest BCUT2D eigenvalue weighted by molar-refractivity contribution is 8.11. The second kappa shape index (κ2) is 5.15. The van der Waals surface area contributed by atoms with Crippen LogP contribution in [0.4, 0.5) is 0 Å². The summed E-state index contributed by atoms with van der Waals surface area (Å²) < 4.78 is 5.71. The molecule has 1 heterocycles. The van der Waals surface area contributed by atoms with Crippen LogP contribution in [0.3, 0.4) is 0 Å². The summed E-state index contributed by atoms with van der Waals surface area (Å²) in [5.41, 5.74) is 2.29. The fourth-order valence-electron chi connectivity index (χ4n) is 1.88. The van der Waals surface area contributed by atoms with Gasteiger partial charge in [-0.1, -0.05) is 72.4 Å². The first-order valence-electron chi connectivity index (χ1n) is 5.78. The molecule has 0 radical (unpaired) electrons. The molecule has 3 rings (SSSR count). The maximum atomic E-state index is 5.71. The Morgan fingerprint density at radius 1 is 0.722 bits per heavy atom. The van der Waals surface area contributed by atoms with Gasteiger partial charge < -0.3 is 4.74 Å². The molecule has 1 nitrogen and oxygen atoms in total. The third kappa shape index (κ3) is 2.20. The van der Waals surface area contributed by atoms with Gasteiger partial charge in [-0.3, -0.25) is 0 Å². The van der Waals surface area contributed by atoms with E-state index < -0.39 is 0 Å². The zero-order chi connectivity index (χ0) is 12.2. The van der Waals surface area contributed by atoms with Gasteiger partial charge in [0.15, 0.2) is 0 Å². The molecule has 0 spiro atoms. The van der Waals surface area contributed by atoms with Gasteiger partial charge in [0.2, 0.25) is 0 Å². The summed E-state index contributed by atoms with van der Waals surface area (Å²) >= 11 is 1.69. The lowest BCUT2D eigenvalue weighted by Gasteiger charge is -2.16. The van der Waals surface area contributed by atoms with Crippen LogP contribution >= 0.6 is 11.8 Å². The van der Waals surface area contributed by atoms with Gasteiger partial charge in [-0.05, 0) is 5.56 Å². The zero-order valence-corrected chi connectivity index (χ0v) is 10.6. The Bertz CT molecular complexity index is 532. The molecule has 0 atom stereocenters. The van der Waals surface area contributed by atoms with Crippen molar-refractivity contribution in [1.82, 2.24) is 0 Å². The predicted octanol–water partition coefficient (Wildman–Crippen LogP) is 4.75. The monoisotopic (exact) mass is 252 g/mol. The van der Waals surface area contributed by atoms with Crippen LogP contribution in [0.2, 0.25) is 0 Å². The Kier molecular flexibility index (Phi) is 3.20. The molecule has 0 unspecified atom stereocenters. The SMILES string of the molecule is C1=CSC(c2ccccc2)=C(c2ccccc2)O1. The fourth-order valence-corrected chi connectivity index (χ4v) is 2.67.